The summed E-state index contributed by atoms with van der Waals surface area (Å²) in [6, 6.07) is 20.6. The summed E-state index contributed by atoms with van der Waals surface area (Å²) in [6.45, 7) is -0.200. The molecular formula is C25H20F3N3O3S. The summed E-state index contributed by atoms with van der Waals surface area (Å²) in [5, 5.41) is 10.8. The number of hydrogen-bond acceptors (Lipinski definition) is 5. The number of carbonyl (C=O) groups excluding carboxylic acids is 1. The Morgan fingerprint density at radius 1 is 1.03 bits per heavy atom. The van der Waals surface area contributed by atoms with Gasteiger partial charge in [0.1, 0.15) is 18.2 Å². The van der Waals surface area contributed by atoms with Gasteiger partial charge in [0.25, 0.3) is 0 Å². The molecule has 4 N–H and O–H groups in total. The first-order chi connectivity index (χ1) is 16.7. The van der Waals surface area contributed by atoms with E-state index in [1.54, 1.807) is 18.2 Å². The van der Waals surface area contributed by atoms with E-state index >= 15 is 0 Å². The van der Waals surface area contributed by atoms with Gasteiger partial charge in [0.05, 0.1) is 10.4 Å². The number of benzene rings is 3. The van der Waals surface area contributed by atoms with Crippen LogP contribution in [0, 0.1) is 5.41 Å². The number of thiophene rings is 1. The van der Waals surface area contributed by atoms with Crippen LogP contribution >= 0.6 is 11.3 Å². The van der Waals surface area contributed by atoms with Crippen LogP contribution in [0.15, 0.2) is 78.9 Å². The third-order valence-electron chi connectivity index (χ3n) is 5.03. The number of halogens is 3. The van der Waals surface area contributed by atoms with Gasteiger partial charge < -0.3 is 15.2 Å². The fraction of sp³-hybridized carbons (Fsp3) is 0.120. The number of alkyl halides is 3. The Hall–Kier alpha value is -4.05. The highest BCUT2D eigenvalue weighted by atomic mass is 32.1. The summed E-state index contributed by atoms with van der Waals surface area (Å²) in [6.07, 6.45) is -6.14. The lowest BCUT2D eigenvalue weighted by Gasteiger charge is -2.20. The molecular weight excluding hydrogens is 479 g/mol. The molecule has 6 nitrogen and oxygen atoms in total. The number of amides is 1. The van der Waals surface area contributed by atoms with Gasteiger partial charge in [-0.25, -0.2) is 4.79 Å². The summed E-state index contributed by atoms with van der Waals surface area (Å²) < 4.78 is 51.2. The molecule has 1 amide bonds. The van der Waals surface area contributed by atoms with Crippen molar-refractivity contribution in [3.05, 3.63) is 94.9 Å². The Bertz CT molecular complexity index is 1360. The molecule has 1 atom stereocenters. The molecule has 0 saturated heterocycles. The van der Waals surface area contributed by atoms with Gasteiger partial charge in [-0.05, 0) is 42.0 Å². The van der Waals surface area contributed by atoms with Crippen molar-refractivity contribution in [3.63, 3.8) is 0 Å². The first-order valence-electron chi connectivity index (χ1n) is 10.4. The van der Waals surface area contributed by atoms with Crippen LogP contribution in [-0.2, 0) is 10.9 Å². The lowest BCUT2D eigenvalue weighted by molar-refractivity contribution is -0.137. The summed E-state index contributed by atoms with van der Waals surface area (Å²) in [5.41, 5.74) is 5.44. The standard InChI is InChI=1S/C25H20F3N3O3S/c26-25(27,28)16-8-4-9-17(12-16)31-24(32)33-14-20(15-6-2-1-3-7-15)34-19-10-5-11-21-18(19)13-22(35-21)23(29)30/h1-13,20H,14H2,(H3,29,30)(H,31,32). The van der Waals surface area contributed by atoms with Crippen molar-refractivity contribution >= 4 is 39.0 Å². The number of carbonyl (C=O) groups is 1. The van der Waals surface area contributed by atoms with E-state index in [-0.39, 0.29) is 18.1 Å². The van der Waals surface area contributed by atoms with Crippen LogP contribution in [0.5, 0.6) is 5.75 Å². The number of nitrogens with two attached hydrogens (primary N) is 1. The third kappa shape index (κ3) is 5.90. The topological polar surface area (TPSA) is 97.4 Å². The minimum atomic E-state index is -4.53. The van der Waals surface area contributed by atoms with Crippen molar-refractivity contribution in [2.45, 2.75) is 12.3 Å². The molecule has 0 bridgehead atoms. The van der Waals surface area contributed by atoms with Crippen molar-refractivity contribution in [1.82, 2.24) is 0 Å². The van der Waals surface area contributed by atoms with E-state index < -0.39 is 23.9 Å². The van der Waals surface area contributed by atoms with Gasteiger partial charge in [0, 0.05) is 15.8 Å². The molecule has 0 radical (unpaired) electrons. The predicted octanol–water partition coefficient (Wildman–Crippen LogP) is 6.57. The normalized spacial score (nSPS) is 12.2. The van der Waals surface area contributed by atoms with Crippen molar-refractivity contribution in [3.8, 4) is 5.75 Å². The molecule has 4 aromatic rings. The minimum Gasteiger partial charge on any atom is -0.481 e. The zero-order valence-electron chi connectivity index (χ0n) is 18.1. The van der Waals surface area contributed by atoms with Gasteiger partial charge in [0.15, 0.2) is 6.10 Å². The van der Waals surface area contributed by atoms with Crippen LogP contribution in [0.2, 0.25) is 0 Å². The Morgan fingerprint density at radius 2 is 1.77 bits per heavy atom. The highest BCUT2D eigenvalue weighted by Crippen LogP contribution is 2.35. The molecule has 0 fully saturated rings. The second-order valence-corrected chi connectivity index (χ2v) is 8.60. The molecule has 0 spiro atoms. The van der Waals surface area contributed by atoms with Crippen LogP contribution in [0.25, 0.3) is 10.1 Å². The van der Waals surface area contributed by atoms with Crippen LogP contribution in [0.1, 0.15) is 22.1 Å². The van der Waals surface area contributed by atoms with E-state index in [0.717, 1.165) is 27.8 Å². The number of ether oxygens (including phenoxy) is 2. The number of amidine groups is 1. The average Bonchev–Trinajstić information content (AvgIpc) is 3.28. The fourth-order valence-corrected chi connectivity index (χ4v) is 4.31. The highest BCUT2D eigenvalue weighted by molar-refractivity contribution is 7.20. The van der Waals surface area contributed by atoms with Crippen molar-refractivity contribution in [2.75, 3.05) is 11.9 Å². The monoisotopic (exact) mass is 499 g/mol. The van der Waals surface area contributed by atoms with Gasteiger partial charge in [0.2, 0.25) is 0 Å². The van der Waals surface area contributed by atoms with Gasteiger partial charge in [-0.15, -0.1) is 11.3 Å². The summed E-state index contributed by atoms with van der Waals surface area (Å²) >= 11 is 1.36. The molecule has 0 saturated carbocycles. The molecule has 1 unspecified atom stereocenters. The second kappa shape index (κ2) is 10.1. The van der Waals surface area contributed by atoms with E-state index in [0.29, 0.717) is 10.6 Å². The van der Waals surface area contributed by atoms with E-state index in [1.165, 1.54) is 23.5 Å². The fourth-order valence-electron chi connectivity index (χ4n) is 3.37. The molecule has 1 heterocycles. The SMILES string of the molecule is N=C(N)c1cc2c(OC(COC(=O)Nc3cccc(C(F)(F)F)c3)c3ccccc3)cccc2s1. The number of nitrogen functional groups attached to an aromatic ring is 1. The van der Waals surface area contributed by atoms with Crippen molar-refractivity contribution in [1.29, 1.82) is 5.41 Å². The zero-order chi connectivity index (χ0) is 25.0. The van der Waals surface area contributed by atoms with Crippen molar-refractivity contribution < 1.29 is 27.4 Å². The summed E-state index contributed by atoms with van der Waals surface area (Å²) in [4.78, 5) is 12.9. The quantitative estimate of drug-likeness (QED) is 0.198. The minimum absolute atomic E-state index is 0.0400. The van der Waals surface area contributed by atoms with E-state index in [1.807, 2.05) is 36.4 Å². The molecule has 0 aliphatic rings. The second-order valence-electron chi connectivity index (χ2n) is 7.51. The Kier molecular flexibility index (Phi) is 6.92. The largest absolute Gasteiger partial charge is 0.481 e. The average molecular weight is 500 g/mol. The van der Waals surface area contributed by atoms with Gasteiger partial charge in [-0.2, -0.15) is 13.2 Å². The van der Waals surface area contributed by atoms with Crippen LogP contribution in [0.3, 0.4) is 0 Å². The maximum Gasteiger partial charge on any atom is 0.416 e. The lowest BCUT2D eigenvalue weighted by atomic mass is 10.1. The molecule has 35 heavy (non-hydrogen) atoms. The lowest BCUT2D eigenvalue weighted by Crippen LogP contribution is -2.21. The maximum atomic E-state index is 12.9. The van der Waals surface area contributed by atoms with Crippen LogP contribution < -0.4 is 15.8 Å². The first kappa shape index (κ1) is 24.1. The predicted molar refractivity (Wildman–Crippen MR) is 129 cm³/mol. The molecule has 4 rings (SSSR count). The van der Waals surface area contributed by atoms with Gasteiger partial charge >= 0.3 is 12.3 Å². The number of anilines is 1. The summed E-state index contributed by atoms with van der Waals surface area (Å²) in [7, 11) is 0. The summed E-state index contributed by atoms with van der Waals surface area (Å²) in [5.74, 6) is 0.466. The molecule has 0 aliphatic carbocycles. The van der Waals surface area contributed by atoms with E-state index in [2.05, 4.69) is 5.32 Å². The van der Waals surface area contributed by atoms with E-state index in [9.17, 15) is 18.0 Å². The molecule has 1 aromatic heterocycles. The molecule has 0 aliphatic heterocycles. The number of fused-ring (bicyclic) bond motifs is 1. The maximum absolute atomic E-state index is 12.9. The molecule has 180 valence electrons. The van der Waals surface area contributed by atoms with E-state index in [4.69, 9.17) is 20.6 Å². The van der Waals surface area contributed by atoms with Gasteiger partial charge in [-0.1, -0.05) is 42.5 Å². The Morgan fingerprint density at radius 3 is 2.49 bits per heavy atom. The Balaban J connectivity index is 1.51. The zero-order valence-corrected chi connectivity index (χ0v) is 19.0. The smallest absolute Gasteiger partial charge is 0.416 e. The van der Waals surface area contributed by atoms with Crippen LogP contribution in [0.4, 0.5) is 23.7 Å². The highest BCUT2D eigenvalue weighted by Gasteiger charge is 2.30. The molecule has 3 aromatic carbocycles. The number of hydrogen-bond donors (Lipinski definition) is 3. The Labute approximate surface area is 202 Å². The third-order valence-corrected chi connectivity index (χ3v) is 6.16. The number of nitrogens with one attached hydrogen (secondary N) is 2. The van der Waals surface area contributed by atoms with Crippen LogP contribution in [-0.4, -0.2) is 18.5 Å². The van der Waals surface area contributed by atoms with Crippen molar-refractivity contribution in [2.24, 2.45) is 5.73 Å². The number of rotatable bonds is 7. The van der Waals surface area contributed by atoms with Gasteiger partial charge in [-0.3, -0.25) is 10.7 Å². The molecule has 10 heteroatoms. The first-order valence-corrected chi connectivity index (χ1v) is 11.2.